The van der Waals surface area contributed by atoms with E-state index in [4.69, 9.17) is 9.94 Å². The molecule has 2 heterocycles. The Bertz CT molecular complexity index is 969. The van der Waals surface area contributed by atoms with Crippen LogP contribution in [0.5, 0.6) is 5.75 Å². The van der Waals surface area contributed by atoms with Gasteiger partial charge in [-0.15, -0.1) is 0 Å². The lowest BCUT2D eigenvalue weighted by atomic mass is 9.92. The van der Waals surface area contributed by atoms with Gasteiger partial charge in [0.05, 0.1) is 18.2 Å². The third-order valence-corrected chi connectivity index (χ3v) is 6.00. The molecule has 190 valence electrons. The Hall–Kier alpha value is -3.31. The van der Waals surface area contributed by atoms with Gasteiger partial charge in [0.15, 0.2) is 0 Å². The molecule has 1 aliphatic heterocycles. The maximum Gasteiger partial charge on any atom is 0.272 e. The van der Waals surface area contributed by atoms with Gasteiger partial charge in [0.1, 0.15) is 18.5 Å². The summed E-state index contributed by atoms with van der Waals surface area (Å²) in [7, 11) is 0. The lowest BCUT2D eigenvalue weighted by molar-refractivity contribution is -0.151. The molecule has 35 heavy (non-hydrogen) atoms. The van der Waals surface area contributed by atoms with E-state index in [-0.39, 0.29) is 12.3 Å². The van der Waals surface area contributed by atoms with Crippen molar-refractivity contribution in [3.05, 3.63) is 47.8 Å². The SMILES string of the molecule is CCOc1ccc(CCC[C@@H](C(=O)N2CCN(c3nccc(CF)n3)CC2)[C@H](O)C(=O)NO)cc1. The molecule has 2 atom stereocenters. The van der Waals surface area contributed by atoms with Crippen LogP contribution < -0.4 is 15.1 Å². The molecule has 1 fully saturated rings. The summed E-state index contributed by atoms with van der Waals surface area (Å²) in [6.45, 7) is 3.36. The molecule has 1 aromatic carbocycles. The van der Waals surface area contributed by atoms with Gasteiger partial charge in [0.2, 0.25) is 11.9 Å². The highest BCUT2D eigenvalue weighted by Crippen LogP contribution is 2.21. The van der Waals surface area contributed by atoms with Crippen molar-refractivity contribution < 1.29 is 29.0 Å². The Balaban J connectivity index is 1.60. The molecule has 2 amide bonds. The number of piperazine rings is 1. The number of aliphatic hydroxyl groups is 1. The number of amides is 2. The smallest absolute Gasteiger partial charge is 0.272 e. The molecular weight excluding hydrogens is 457 g/mol. The van der Waals surface area contributed by atoms with Crippen molar-refractivity contribution in [2.45, 2.75) is 39.0 Å². The molecule has 0 bridgehead atoms. The lowest BCUT2D eigenvalue weighted by Gasteiger charge is -2.37. The van der Waals surface area contributed by atoms with Crippen molar-refractivity contribution in [2.75, 3.05) is 37.7 Å². The van der Waals surface area contributed by atoms with Gasteiger partial charge in [-0.25, -0.2) is 19.8 Å². The fourth-order valence-corrected chi connectivity index (χ4v) is 4.08. The number of hydroxylamine groups is 1. The number of nitrogens with one attached hydrogen (secondary N) is 1. The molecule has 11 heteroatoms. The monoisotopic (exact) mass is 489 g/mol. The van der Waals surface area contributed by atoms with Crippen LogP contribution in [-0.2, 0) is 22.7 Å². The highest BCUT2D eigenvalue weighted by molar-refractivity contribution is 5.88. The van der Waals surface area contributed by atoms with Crippen molar-refractivity contribution in [3.8, 4) is 5.75 Å². The number of hydrogen-bond donors (Lipinski definition) is 3. The topological polar surface area (TPSA) is 128 Å². The van der Waals surface area contributed by atoms with Gasteiger partial charge in [-0.05, 0) is 49.9 Å². The van der Waals surface area contributed by atoms with E-state index in [0.717, 1.165) is 11.3 Å². The zero-order valence-electron chi connectivity index (χ0n) is 19.8. The molecule has 10 nitrogen and oxygen atoms in total. The second kappa shape index (κ2) is 13.0. The first-order chi connectivity index (χ1) is 17.0. The van der Waals surface area contributed by atoms with Gasteiger partial charge < -0.3 is 19.6 Å². The van der Waals surface area contributed by atoms with E-state index in [0.29, 0.717) is 57.3 Å². The van der Waals surface area contributed by atoms with E-state index >= 15 is 0 Å². The summed E-state index contributed by atoms with van der Waals surface area (Å²) in [5.74, 6) is -1.19. The molecule has 2 aromatic rings. The van der Waals surface area contributed by atoms with Crippen LogP contribution in [0.1, 0.15) is 31.0 Å². The van der Waals surface area contributed by atoms with Crippen LogP contribution in [0.3, 0.4) is 0 Å². The van der Waals surface area contributed by atoms with Gasteiger partial charge in [0.25, 0.3) is 5.91 Å². The van der Waals surface area contributed by atoms with E-state index in [1.165, 1.54) is 17.7 Å². The number of aromatic nitrogens is 2. The molecule has 0 aliphatic carbocycles. The molecular formula is C24H32FN5O5. The van der Waals surface area contributed by atoms with Gasteiger partial charge >= 0.3 is 0 Å². The fourth-order valence-electron chi connectivity index (χ4n) is 4.08. The van der Waals surface area contributed by atoms with E-state index in [1.807, 2.05) is 36.1 Å². The van der Waals surface area contributed by atoms with Crippen LogP contribution in [-0.4, -0.2) is 75.9 Å². The maximum atomic E-state index is 13.3. The fraction of sp³-hybridized carbons (Fsp3) is 0.500. The van der Waals surface area contributed by atoms with Crippen LogP contribution >= 0.6 is 0 Å². The molecule has 1 aromatic heterocycles. The molecule has 0 spiro atoms. The molecule has 1 saturated heterocycles. The quantitative estimate of drug-likeness (QED) is 0.320. The summed E-state index contributed by atoms with van der Waals surface area (Å²) in [5, 5.41) is 19.4. The zero-order chi connectivity index (χ0) is 25.2. The second-order valence-electron chi connectivity index (χ2n) is 8.29. The predicted octanol–water partition coefficient (Wildman–Crippen LogP) is 1.50. The van der Waals surface area contributed by atoms with Gasteiger partial charge in [-0.3, -0.25) is 14.8 Å². The van der Waals surface area contributed by atoms with Gasteiger partial charge in [0, 0.05) is 32.4 Å². The van der Waals surface area contributed by atoms with E-state index in [1.54, 1.807) is 4.90 Å². The Morgan fingerprint density at radius 3 is 2.51 bits per heavy atom. The summed E-state index contributed by atoms with van der Waals surface area (Å²) < 4.78 is 18.4. The molecule has 0 radical (unpaired) electrons. The minimum absolute atomic E-state index is 0.266. The maximum absolute atomic E-state index is 13.3. The molecule has 3 rings (SSSR count). The van der Waals surface area contributed by atoms with E-state index in [9.17, 15) is 19.1 Å². The number of anilines is 1. The third-order valence-electron chi connectivity index (χ3n) is 6.00. The summed E-state index contributed by atoms with van der Waals surface area (Å²) in [4.78, 5) is 37.0. The predicted molar refractivity (Wildman–Crippen MR) is 126 cm³/mol. The number of carbonyl (C=O) groups is 2. The Morgan fingerprint density at radius 1 is 1.17 bits per heavy atom. The summed E-state index contributed by atoms with van der Waals surface area (Å²) in [6.07, 6.45) is 1.31. The Labute approximate surface area is 203 Å². The number of hydrogen-bond acceptors (Lipinski definition) is 8. The number of benzene rings is 1. The van der Waals surface area contributed by atoms with Crippen LogP contribution in [0, 0.1) is 5.92 Å². The van der Waals surface area contributed by atoms with Crippen molar-refractivity contribution in [1.82, 2.24) is 20.3 Å². The zero-order valence-corrected chi connectivity index (χ0v) is 19.8. The summed E-state index contributed by atoms with van der Waals surface area (Å²) in [6, 6.07) is 9.15. The number of carbonyl (C=O) groups excluding carboxylic acids is 2. The first-order valence-electron chi connectivity index (χ1n) is 11.7. The van der Waals surface area contributed by atoms with Crippen LogP contribution in [0.2, 0.25) is 0 Å². The van der Waals surface area contributed by atoms with Gasteiger partial charge in [-0.2, -0.15) is 0 Å². The second-order valence-corrected chi connectivity index (χ2v) is 8.29. The van der Waals surface area contributed by atoms with Crippen LogP contribution in [0.25, 0.3) is 0 Å². The summed E-state index contributed by atoms with van der Waals surface area (Å²) in [5.41, 5.74) is 2.78. The molecule has 0 unspecified atom stereocenters. The Morgan fingerprint density at radius 2 is 1.89 bits per heavy atom. The molecule has 3 N–H and O–H groups in total. The number of alkyl halides is 1. The first kappa shape index (κ1) is 26.3. The van der Waals surface area contributed by atoms with Crippen LogP contribution in [0.4, 0.5) is 10.3 Å². The van der Waals surface area contributed by atoms with Crippen molar-refractivity contribution in [1.29, 1.82) is 0 Å². The van der Waals surface area contributed by atoms with Gasteiger partial charge in [-0.1, -0.05) is 12.1 Å². The number of aliphatic hydroxyl groups excluding tert-OH is 1. The third kappa shape index (κ3) is 7.09. The highest BCUT2D eigenvalue weighted by Gasteiger charge is 2.36. The molecule has 0 saturated carbocycles. The molecule has 1 aliphatic rings. The standard InChI is InChI=1S/C24H32FN5O5/c1-2-35-19-8-6-17(7-9-19)4-3-5-20(21(31)22(32)28-34)23(33)29-12-14-30(15-13-29)24-26-11-10-18(16-25)27-24/h6-11,20-21,31,34H,2-5,12-16H2,1H3,(H,28,32)/t20-,21+/m1/s1. The number of rotatable bonds is 11. The summed E-state index contributed by atoms with van der Waals surface area (Å²) >= 11 is 0. The number of aryl methyl sites for hydroxylation is 1. The first-order valence-corrected chi connectivity index (χ1v) is 11.7. The number of halogens is 1. The minimum Gasteiger partial charge on any atom is -0.494 e. The number of ether oxygens (including phenoxy) is 1. The lowest BCUT2D eigenvalue weighted by Crippen LogP contribution is -2.53. The van der Waals surface area contributed by atoms with E-state index in [2.05, 4.69) is 9.97 Å². The normalized spacial score (nSPS) is 15.4. The van der Waals surface area contributed by atoms with Crippen molar-refractivity contribution >= 4 is 17.8 Å². The highest BCUT2D eigenvalue weighted by atomic mass is 19.1. The number of nitrogens with zero attached hydrogens (tertiary/aromatic N) is 4. The Kier molecular flexibility index (Phi) is 9.74. The van der Waals surface area contributed by atoms with Crippen LogP contribution in [0.15, 0.2) is 36.5 Å². The van der Waals surface area contributed by atoms with E-state index < -0.39 is 24.6 Å². The minimum atomic E-state index is -1.67. The average molecular weight is 490 g/mol. The largest absolute Gasteiger partial charge is 0.494 e. The van der Waals surface area contributed by atoms with Crippen molar-refractivity contribution in [3.63, 3.8) is 0 Å². The average Bonchev–Trinajstić information content (AvgIpc) is 2.91. The van der Waals surface area contributed by atoms with Crippen molar-refractivity contribution in [2.24, 2.45) is 5.92 Å².